The first kappa shape index (κ1) is 31.0. The number of thiazole rings is 1. The van der Waals surface area contributed by atoms with Crippen LogP contribution in [0.15, 0.2) is 29.6 Å². The van der Waals surface area contributed by atoms with Gasteiger partial charge in [0.15, 0.2) is 5.13 Å². The van der Waals surface area contributed by atoms with Gasteiger partial charge in [0.2, 0.25) is 0 Å². The van der Waals surface area contributed by atoms with Crippen molar-refractivity contribution in [2.45, 2.75) is 71.8 Å². The topological polar surface area (TPSA) is 84.4 Å². The normalized spacial score (nSPS) is 21.3. The largest absolute Gasteiger partial charge is 0.488 e. The van der Waals surface area contributed by atoms with Crippen LogP contribution in [0.5, 0.6) is 5.75 Å². The summed E-state index contributed by atoms with van der Waals surface area (Å²) in [4.78, 5) is 21.3. The minimum absolute atomic E-state index is 0.136. The number of carbonyl (C=O) groups is 1. The smallest absolute Gasteiger partial charge is 0.309 e. The number of aryl methyl sites for hydroxylation is 2. The first-order valence-corrected chi connectivity index (χ1v) is 16.6. The summed E-state index contributed by atoms with van der Waals surface area (Å²) < 4.78 is 33.7. The van der Waals surface area contributed by atoms with Crippen molar-refractivity contribution in [3.63, 3.8) is 0 Å². The Morgan fingerprint density at radius 1 is 1.16 bits per heavy atom. The monoisotopic (exact) mass is 623 g/mol. The molecule has 0 radical (unpaired) electrons. The average Bonchev–Trinajstić information content (AvgIpc) is 3.53. The van der Waals surface area contributed by atoms with E-state index in [9.17, 15) is 9.90 Å². The van der Waals surface area contributed by atoms with Crippen LogP contribution in [0.1, 0.15) is 54.0 Å². The van der Waals surface area contributed by atoms with Gasteiger partial charge in [-0.1, -0.05) is 12.1 Å². The van der Waals surface area contributed by atoms with Crippen molar-refractivity contribution in [1.29, 1.82) is 0 Å². The van der Waals surface area contributed by atoms with Crippen LogP contribution in [0, 0.1) is 25.6 Å². The maximum Gasteiger partial charge on any atom is 0.309 e. The number of halogens is 1. The highest BCUT2D eigenvalue weighted by Gasteiger charge is 2.36. The van der Waals surface area contributed by atoms with E-state index in [1.54, 1.807) is 0 Å². The SMILES string of the molecule is CCO[C@@H]1CN(c2nc(-c3cccc(C)c3OCc3cc(C)c4c(c3F)CCN(C3CCOCC3)C4)cs2)CC[C@@H]1C(=O)O. The number of anilines is 1. The quantitative estimate of drug-likeness (QED) is 0.311. The summed E-state index contributed by atoms with van der Waals surface area (Å²) in [5.41, 5.74) is 6.24. The number of nitrogens with zero attached hydrogens (tertiary/aromatic N) is 3. The van der Waals surface area contributed by atoms with Gasteiger partial charge in [0, 0.05) is 68.5 Å². The lowest BCUT2D eigenvalue weighted by molar-refractivity contribution is -0.148. The summed E-state index contributed by atoms with van der Waals surface area (Å²) in [6.45, 7) is 10.9. The van der Waals surface area contributed by atoms with Crippen LogP contribution in [-0.2, 0) is 33.8 Å². The maximum atomic E-state index is 15.9. The molecule has 1 aromatic heterocycles. The van der Waals surface area contributed by atoms with E-state index in [2.05, 4.69) is 16.7 Å². The van der Waals surface area contributed by atoms with Gasteiger partial charge < -0.3 is 24.2 Å². The summed E-state index contributed by atoms with van der Waals surface area (Å²) in [6.07, 6.45) is 2.92. The number of piperidine rings is 1. The Morgan fingerprint density at radius 3 is 2.75 bits per heavy atom. The van der Waals surface area contributed by atoms with Gasteiger partial charge in [-0.25, -0.2) is 9.37 Å². The van der Waals surface area contributed by atoms with Gasteiger partial charge in [0.25, 0.3) is 0 Å². The molecule has 3 aliphatic rings. The van der Waals surface area contributed by atoms with Gasteiger partial charge >= 0.3 is 5.97 Å². The molecule has 2 atom stereocenters. The van der Waals surface area contributed by atoms with E-state index in [1.807, 2.05) is 43.5 Å². The summed E-state index contributed by atoms with van der Waals surface area (Å²) in [7, 11) is 0. The van der Waals surface area contributed by atoms with Crippen molar-refractivity contribution >= 4 is 22.4 Å². The molecule has 0 saturated carbocycles. The highest BCUT2D eigenvalue weighted by molar-refractivity contribution is 7.14. The zero-order chi connectivity index (χ0) is 30.8. The van der Waals surface area contributed by atoms with E-state index in [4.69, 9.17) is 19.2 Å². The van der Waals surface area contributed by atoms with Gasteiger partial charge in [-0.15, -0.1) is 11.3 Å². The molecule has 44 heavy (non-hydrogen) atoms. The molecule has 3 aliphatic heterocycles. The Hall–Kier alpha value is -3.05. The van der Waals surface area contributed by atoms with Crippen molar-refractivity contribution in [2.75, 3.05) is 44.4 Å². The molecule has 0 bridgehead atoms. The highest BCUT2D eigenvalue weighted by Crippen LogP contribution is 2.38. The Balaban J connectivity index is 1.18. The molecule has 2 fully saturated rings. The third kappa shape index (κ3) is 6.36. The summed E-state index contributed by atoms with van der Waals surface area (Å²) >= 11 is 1.53. The number of hydrogen-bond donors (Lipinski definition) is 1. The molecule has 0 spiro atoms. The third-order valence-corrected chi connectivity index (χ3v) is 10.3. The number of hydrogen-bond acceptors (Lipinski definition) is 8. The molecule has 0 unspecified atom stereocenters. The molecule has 2 aromatic carbocycles. The fourth-order valence-electron chi connectivity index (χ4n) is 6.95. The molecule has 4 heterocycles. The zero-order valence-electron chi connectivity index (χ0n) is 25.8. The lowest BCUT2D eigenvalue weighted by Crippen LogP contribution is -2.48. The minimum atomic E-state index is -0.813. The molecular formula is C34H42FN3O5S. The molecule has 1 N–H and O–H groups in total. The predicted molar refractivity (Wildman–Crippen MR) is 169 cm³/mol. The van der Waals surface area contributed by atoms with Crippen LogP contribution in [0.2, 0.25) is 0 Å². The van der Waals surface area contributed by atoms with Gasteiger partial charge in [0.05, 0.1) is 17.7 Å². The van der Waals surface area contributed by atoms with Crippen LogP contribution >= 0.6 is 11.3 Å². The molecule has 236 valence electrons. The van der Waals surface area contributed by atoms with Crippen molar-refractivity contribution in [2.24, 2.45) is 5.92 Å². The Bertz CT molecular complexity index is 1490. The third-order valence-electron chi connectivity index (χ3n) is 9.37. The second-order valence-corrected chi connectivity index (χ2v) is 13.0. The zero-order valence-corrected chi connectivity index (χ0v) is 26.6. The first-order chi connectivity index (χ1) is 21.3. The second kappa shape index (κ2) is 13.5. The Morgan fingerprint density at radius 2 is 1.98 bits per heavy atom. The van der Waals surface area contributed by atoms with E-state index >= 15 is 4.39 Å². The second-order valence-electron chi connectivity index (χ2n) is 12.1. The first-order valence-electron chi connectivity index (χ1n) is 15.7. The number of aromatic nitrogens is 1. The number of carboxylic acids is 1. The number of rotatable bonds is 9. The van der Waals surface area contributed by atoms with E-state index in [-0.39, 0.29) is 18.5 Å². The molecule has 2 saturated heterocycles. The lowest BCUT2D eigenvalue weighted by atomic mass is 9.90. The number of para-hydroxylation sites is 1. The number of carboxylic acid groups (broad SMARTS) is 1. The summed E-state index contributed by atoms with van der Waals surface area (Å²) in [5, 5.41) is 12.5. The number of benzene rings is 2. The van der Waals surface area contributed by atoms with Crippen LogP contribution < -0.4 is 9.64 Å². The van der Waals surface area contributed by atoms with Crippen LogP contribution in [0.4, 0.5) is 9.52 Å². The van der Waals surface area contributed by atoms with Gasteiger partial charge in [0.1, 0.15) is 18.2 Å². The van der Waals surface area contributed by atoms with Crippen LogP contribution in [-0.4, -0.2) is 72.6 Å². The molecule has 6 rings (SSSR count). The number of fused-ring (bicyclic) bond motifs is 1. The van der Waals surface area contributed by atoms with E-state index in [1.165, 1.54) is 11.3 Å². The van der Waals surface area contributed by atoms with Gasteiger partial charge in [-0.05, 0) is 80.8 Å². The molecule has 0 amide bonds. The molecule has 10 heteroatoms. The van der Waals surface area contributed by atoms with Gasteiger partial charge in [-0.2, -0.15) is 0 Å². The predicted octanol–water partition coefficient (Wildman–Crippen LogP) is 6.00. The highest BCUT2D eigenvalue weighted by atomic mass is 32.1. The molecular weight excluding hydrogens is 581 g/mol. The minimum Gasteiger partial charge on any atom is -0.488 e. The van der Waals surface area contributed by atoms with Crippen LogP contribution in [0.25, 0.3) is 11.3 Å². The van der Waals surface area contributed by atoms with Crippen molar-refractivity contribution in [3.05, 3.63) is 63.3 Å². The lowest BCUT2D eigenvalue weighted by Gasteiger charge is -2.38. The molecule has 8 nitrogen and oxygen atoms in total. The van der Waals surface area contributed by atoms with Crippen molar-refractivity contribution < 1.29 is 28.5 Å². The fourth-order valence-corrected chi connectivity index (χ4v) is 7.81. The van der Waals surface area contributed by atoms with E-state index in [0.29, 0.717) is 49.9 Å². The Kier molecular flexibility index (Phi) is 9.51. The maximum absolute atomic E-state index is 15.9. The Labute approximate surface area is 262 Å². The number of aliphatic carboxylic acids is 1. The summed E-state index contributed by atoms with van der Waals surface area (Å²) in [6, 6.07) is 8.43. The average molecular weight is 624 g/mol. The molecule has 0 aliphatic carbocycles. The number of ether oxygens (including phenoxy) is 3. The van der Waals surface area contributed by atoms with E-state index in [0.717, 1.165) is 77.8 Å². The molecule has 3 aromatic rings. The van der Waals surface area contributed by atoms with E-state index < -0.39 is 11.9 Å². The van der Waals surface area contributed by atoms with Crippen molar-refractivity contribution in [3.8, 4) is 17.0 Å². The summed E-state index contributed by atoms with van der Waals surface area (Å²) in [5.74, 6) is -0.772. The van der Waals surface area contributed by atoms with Crippen LogP contribution in [0.3, 0.4) is 0 Å². The van der Waals surface area contributed by atoms with Gasteiger partial charge in [-0.3, -0.25) is 9.69 Å². The van der Waals surface area contributed by atoms with Crippen molar-refractivity contribution in [1.82, 2.24) is 9.88 Å². The standard InChI is InChI=1S/C34H42FN3O5S/c1-4-42-30-18-38(13-9-27(30)33(39)40)34-36-29(20-44-34)26-7-5-6-21(2)32(26)43-19-23-16-22(3)28-17-37(12-8-25(28)31(23)35)24-10-14-41-15-11-24/h5-7,16,20,24,27,30H,4,8-15,17-19H2,1-3H3,(H,39,40)/t27-,30+/m0/s1. The fraction of sp³-hybridized carbons (Fsp3) is 0.529.